The van der Waals surface area contributed by atoms with Gasteiger partial charge in [0.15, 0.2) is 0 Å². The maximum atomic E-state index is 13.2. The van der Waals surface area contributed by atoms with E-state index in [1.807, 2.05) is 18.2 Å². The number of benzene rings is 3. The second kappa shape index (κ2) is 9.43. The van der Waals surface area contributed by atoms with E-state index in [4.69, 9.17) is 0 Å². The number of hydrogen-bond donors (Lipinski definition) is 2. The van der Waals surface area contributed by atoms with Crippen LogP contribution >= 0.6 is 0 Å². The summed E-state index contributed by atoms with van der Waals surface area (Å²) in [5.41, 5.74) is 4.04. The lowest BCUT2D eigenvalue weighted by Gasteiger charge is -2.23. The zero-order chi connectivity index (χ0) is 21.6. The molecular formula is C25H24FN3O2. The van der Waals surface area contributed by atoms with Crippen LogP contribution in [0, 0.1) is 5.82 Å². The lowest BCUT2D eigenvalue weighted by molar-refractivity contribution is -0.115. The Morgan fingerprint density at radius 1 is 0.871 bits per heavy atom. The molecular weight excluding hydrogens is 393 g/mol. The SMILES string of the molecule is O=C(Cc1ccc(NC(=O)N2CCCCc3ccccc32)cc1)Nc1cccc(F)c1. The van der Waals surface area contributed by atoms with Gasteiger partial charge in [-0.3, -0.25) is 9.69 Å². The van der Waals surface area contributed by atoms with Gasteiger partial charge in [0.1, 0.15) is 5.82 Å². The Morgan fingerprint density at radius 2 is 1.68 bits per heavy atom. The Balaban J connectivity index is 1.37. The Morgan fingerprint density at radius 3 is 2.48 bits per heavy atom. The first kappa shape index (κ1) is 20.6. The number of aryl methyl sites for hydroxylation is 1. The number of anilines is 3. The average molecular weight is 417 g/mol. The molecule has 0 atom stereocenters. The molecule has 1 aliphatic heterocycles. The summed E-state index contributed by atoms with van der Waals surface area (Å²) >= 11 is 0. The lowest BCUT2D eigenvalue weighted by atomic mass is 10.1. The fourth-order valence-electron chi connectivity index (χ4n) is 3.76. The highest BCUT2D eigenvalue weighted by Crippen LogP contribution is 2.26. The number of halogens is 1. The van der Waals surface area contributed by atoms with Crippen molar-refractivity contribution >= 4 is 29.0 Å². The number of rotatable bonds is 4. The highest BCUT2D eigenvalue weighted by atomic mass is 19.1. The van der Waals surface area contributed by atoms with Crippen LogP contribution in [-0.4, -0.2) is 18.5 Å². The van der Waals surface area contributed by atoms with Gasteiger partial charge in [0, 0.05) is 23.6 Å². The predicted molar refractivity (Wildman–Crippen MR) is 121 cm³/mol. The van der Waals surface area contributed by atoms with E-state index in [1.165, 1.54) is 17.7 Å². The van der Waals surface area contributed by atoms with Crippen molar-refractivity contribution in [3.05, 3.63) is 89.7 Å². The summed E-state index contributed by atoms with van der Waals surface area (Å²) < 4.78 is 13.2. The van der Waals surface area contributed by atoms with Crippen LogP contribution in [0.2, 0.25) is 0 Å². The number of hydrogen-bond acceptors (Lipinski definition) is 2. The van der Waals surface area contributed by atoms with Gasteiger partial charge in [-0.25, -0.2) is 9.18 Å². The first-order chi connectivity index (χ1) is 15.1. The first-order valence-corrected chi connectivity index (χ1v) is 10.4. The quantitative estimate of drug-likeness (QED) is 0.599. The number of para-hydroxylation sites is 1. The van der Waals surface area contributed by atoms with Crippen LogP contribution in [0.1, 0.15) is 24.0 Å². The minimum atomic E-state index is -0.398. The van der Waals surface area contributed by atoms with Crippen LogP contribution in [0.5, 0.6) is 0 Å². The van der Waals surface area contributed by atoms with E-state index in [2.05, 4.69) is 16.7 Å². The molecule has 4 rings (SSSR count). The number of fused-ring (bicyclic) bond motifs is 1. The summed E-state index contributed by atoms with van der Waals surface area (Å²) in [5.74, 6) is -0.631. The van der Waals surface area contributed by atoms with Gasteiger partial charge in [0.2, 0.25) is 5.91 Å². The van der Waals surface area contributed by atoms with Crippen molar-refractivity contribution in [2.75, 3.05) is 22.1 Å². The molecule has 0 aliphatic carbocycles. The van der Waals surface area contributed by atoms with Crippen LogP contribution < -0.4 is 15.5 Å². The summed E-state index contributed by atoms with van der Waals surface area (Å²) in [6, 6.07) is 20.8. The van der Waals surface area contributed by atoms with E-state index < -0.39 is 5.82 Å². The van der Waals surface area contributed by atoms with E-state index >= 15 is 0 Å². The first-order valence-electron chi connectivity index (χ1n) is 10.4. The van der Waals surface area contributed by atoms with Crippen molar-refractivity contribution < 1.29 is 14.0 Å². The molecule has 5 nitrogen and oxygen atoms in total. The smallest absolute Gasteiger partial charge is 0.326 e. The molecule has 158 valence electrons. The molecule has 0 radical (unpaired) electrons. The molecule has 0 spiro atoms. The van der Waals surface area contributed by atoms with Crippen LogP contribution in [0.3, 0.4) is 0 Å². The van der Waals surface area contributed by atoms with Crippen molar-refractivity contribution in [3.63, 3.8) is 0 Å². The molecule has 0 fully saturated rings. The van der Waals surface area contributed by atoms with E-state index in [0.29, 0.717) is 17.9 Å². The molecule has 3 aromatic rings. The van der Waals surface area contributed by atoms with E-state index in [0.717, 1.165) is 30.5 Å². The van der Waals surface area contributed by atoms with Gasteiger partial charge in [-0.05, 0) is 66.8 Å². The summed E-state index contributed by atoms with van der Waals surface area (Å²) in [6.45, 7) is 0.682. The Bertz CT molecular complexity index is 1080. The molecule has 0 saturated carbocycles. The molecule has 3 amide bonds. The van der Waals surface area contributed by atoms with Gasteiger partial charge in [0.25, 0.3) is 0 Å². The van der Waals surface area contributed by atoms with Gasteiger partial charge >= 0.3 is 6.03 Å². The van der Waals surface area contributed by atoms with Crippen LogP contribution in [-0.2, 0) is 17.6 Å². The maximum Gasteiger partial charge on any atom is 0.326 e. The Kier molecular flexibility index (Phi) is 6.26. The Hall–Kier alpha value is -3.67. The summed E-state index contributed by atoms with van der Waals surface area (Å²) in [5, 5.41) is 5.63. The zero-order valence-corrected chi connectivity index (χ0v) is 17.1. The summed E-state index contributed by atoms with van der Waals surface area (Å²) in [6.07, 6.45) is 3.16. The second-order valence-electron chi connectivity index (χ2n) is 7.60. The van der Waals surface area contributed by atoms with Gasteiger partial charge in [-0.1, -0.05) is 36.4 Å². The molecule has 0 unspecified atom stereocenters. The second-order valence-corrected chi connectivity index (χ2v) is 7.60. The molecule has 0 bridgehead atoms. The highest BCUT2D eigenvalue weighted by molar-refractivity contribution is 6.02. The fraction of sp³-hybridized carbons (Fsp3) is 0.200. The van der Waals surface area contributed by atoms with Crippen LogP contribution in [0.15, 0.2) is 72.8 Å². The van der Waals surface area contributed by atoms with Crippen molar-refractivity contribution in [2.45, 2.75) is 25.7 Å². The van der Waals surface area contributed by atoms with E-state index in [1.54, 1.807) is 41.3 Å². The van der Waals surface area contributed by atoms with Crippen molar-refractivity contribution in [3.8, 4) is 0 Å². The zero-order valence-electron chi connectivity index (χ0n) is 17.1. The highest BCUT2D eigenvalue weighted by Gasteiger charge is 2.20. The number of carbonyl (C=O) groups is 2. The van der Waals surface area contributed by atoms with Gasteiger partial charge in [-0.15, -0.1) is 0 Å². The minimum Gasteiger partial charge on any atom is -0.326 e. The van der Waals surface area contributed by atoms with Crippen molar-refractivity contribution in [1.82, 2.24) is 0 Å². The Labute approximate surface area is 180 Å². The molecule has 31 heavy (non-hydrogen) atoms. The number of amides is 3. The maximum absolute atomic E-state index is 13.2. The van der Waals surface area contributed by atoms with Gasteiger partial charge in [0.05, 0.1) is 6.42 Å². The van der Waals surface area contributed by atoms with Crippen molar-refractivity contribution in [1.29, 1.82) is 0 Å². The summed E-state index contributed by atoms with van der Waals surface area (Å²) in [4.78, 5) is 26.9. The molecule has 1 heterocycles. The third kappa shape index (κ3) is 5.28. The third-order valence-electron chi connectivity index (χ3n) is 5.28. The predicted octanol–water partition coefficient (Wildman–Crippen LogP) is 5.38. The van der Waals surface area contributed by atoms with Gasteiger partial charge < -0.3 is 10.6 Å². The van der Waals surface area contributed by atoms with Crippen LogP contribution in [0.4, 0.5) is 26.2 Å². The topological polar surface area (TPSA) is 61.4 Å². The van der Waals surface area contributed by atoms with E-state index in [-0.39, 0.29) is 18.4 Å². The number of carbonyl (C=O) groups excluding carboxylic acids is 2. The normalized spacial score (nSPS) is 13.1. The number of nitrogens with zero attached hydrogens (tertiary/aromatic N) is 1. The third-order valence-corrected chi connectivity index (χ3v) is 5.28. The molecule has 2 N–H and O–H groups in total. The molecule has 0 aromatic heterocycles. The number of urea groups is 1. The van der Waals surface area contributed by atoms with Gasteiger partial charge in [-0.2, -0.15) is 0 Å². The monoisotopic (exact) mass is 417 g/mol. The average Bonchev–Trinajstić information content (AvgIpc) is 2.98. The molecule has 0 saturated heterocycles. The fourth-order valence-corrected chi connectivity index (χ4v) is 3.76. The van der Waals surface area contributed by atoms with Crippen LogP contribution in [0.25, 0.3) is 0 Å². The lowest BCUT2D eigenvalue weighted by Crippen LogP contribution is -2.35. The molecule has 3 aromatic carbocycles. The molecule has 6 heteroatoms. The standard InChI is InChI=1S/C25H24FN3O2/c26-20-8-5-9-22(17-20)27-24(30)16-18-11-13-21(14-12-18)28-25(31)29-15-4-3-7-19-6-1-2-10-23(19)29/h1-2,5-6,8-14,17H,3-4,7,15-16H2,(H,27,30)(H,28,31). The molecule has 1 aliphatic rings. The minimum absolute atomic E-state index is 0.157. The van der Waals surface area contributed by atoms with E-state index in [9.17, 15) is 14.0 Å². The number of nitrogens with one attached hydrogen (secondary N) is 2. The summed E-state index contributed by atoms with van der Waals surface area (Å²) in [7, 11) is 0. The largest absolute Gasteiger partial charge is 0.326 e. The van der Waals surface area contributed by atoms with Crippen molar-refractivity contribution in [2.24, 2.45) is 0 Å².